The van der Waals surface area contributed by atoms with E-state index in [-0.39, 0.29) is 11.9 Å². The number of benzene rings is 1. The van der Waals surface area contributed by atoms with Crippen LogP contribution in [0, 0.1) is 17.6 Å². The molecule has 0 N–H and O–H groups in total. The van der Waals surface area contributed by atoms with Gasteiger partial charge in [-0.1, -0.05) is 25.3 Å². The molecule has 0 aliphatic heterocycles. The molecule has 98 valence electrons. The first-order chi connectivity index (χ1) is 8.74. The van der Waals surface area contributed by atoms with Crippen molar-refractivity contribution in [2.24, 2.45) is 5.92 Å². The highest BCUT2D eigenvalue weighted by atomic mass is 19.2. The van der Waals surface area contributed by atoms with Gasteiger partial charge in [0.15, 0.2) is 11.6 Å². The SMILES string of the molecule is Fc1c(CC2CCC2)ccc(OC2CCC2)c1F. The van der Waals surface area contributed by atoms with Crippen LogP contribution in [0.15, 0.2) is 12.1 Å². The standard InChI is InChI=1S/C15H18F2O/c16-14-11(9-10-3-1-4-10)7-8-13(15(14)17)18-12-5-2-6-12/h7-8,10,12H,1-6,9H2. The summed E-state index contributed by atoms with van der Waals surface area (Å²) in [6.45, 7) is 0. The van der Waals surface area contributed by atoms with Crippen molar-refractivity contribution in [1.82, 2.24) is 0 Å². The van der Waals surface area contributed by atoms with E-state index in [1.165, 1.54) is 6.42 Å². The van der Waals surface area contributed by atoms with E-state index in [1.807, 2.05) is 0 Å². The summed E-state index contributed by atoms with van der Waals surface area (Å²) in [6, 6.07) is 3.27. The van der Waals surface area contributed by atoms with Crippen molar-refractivity contribution in [3.05, 3.63) is 29.3 Å². The summed E-state index contributed by atoms with van der Waals surface area (Å²) in [4.78, 5) is 0. The van der Waals surface area contributed by atoms with Crippen LogP contribution in [0.2, 0.25) is 0 Å². The van der Waals surface area contributed by atoms with Crippen molar-refractivity contribution < 1.29 is 13.5 Å². The lowest BCUT2D eigenvalue weighted by Crippen LogP contribution is -2.25. The molecular weight excluding hydrogens is 234 g/mol. The highest BCUT2D eigenvalue weighted by Crippen LogP contribution is 2.33. The quantitative estimate of drug-likeness (QED) is 0.778. The Hall–Kier alpha value is -1.12. The van der Waals surface area contributed by atoms with E-state index in [1.54, 1.807) is 12.1 Å². The lowest BCUT2D eigenvalue weighted by Gasteiger charge is -2.27. The maximum atomic E-state index is 13.9. The van der Waals surface area contributed by atoms with E-state index < -0.39 is 11.6 Å². The largest absolute Gasteiger partial charge is 0.487 e. The molecule has 0 heterocycles. The molecule has 0 radical (unpaired) electrons. The minimum absolute atomic E-state index is 0.0783. The zero-order valence-corrected chi connectivity index (χ0v) is 10.4. The van der Waals surface area contributed by atoms with Gasteiger partial charge < -0.3 is 4.74 Å². The number of halogens is 2. The van der Waals surface area contributed by atoms with Gasteiger partial charge in [-0.15, -0.1) is 0 Å². The zero-order valence-electron chi connectivity index (χ0n) is 10.4. The van der Waals surface area contributed by atoms with E-state index in [9.17, 15) is 8.78 Å². The Labute approximate surface area is 106 Å². The smallest absolute Gasteiger partial charge is 0.200 e. The maximum Gasteiger partial charge on any atom is 0.200 e. The molecule has 0 bridgehead atoms. The van der Waals surface area contributed by atoms with Crippen molar-refractivity contribution >= 4 is 0 Å². The van der Waals surface area contributed by atoms with E-state index in [4.69, 9.17) is 4.74 Å². The summed E-state index contributed by atoms with van der Waals surface area (Å²) in [7, 11) is 0. The molecular formula is C15H18F2O. The fraction of sp³-hybridized carbons (Fsp3) is 0.600. The zero-order chi connectivity index (χ0) is 12.5. The fourth-order valence-electron chi connectivity index (χ4n) is 2.50. The summed E-state index contributed by atoms with van der Waals surface area (Å²) >= 11 is 0. The molecule has 2 saturated carbocycles. The Morgan fingerprint density at radius 1 is 1.00 bits per heavy atom. The Morgan fingerprint density at radius 3 is 2.28 bits per heavy atom. The highest BCUT2D eigenvalue weighted by Gasteiger charge is 2.24. The first-order valence-corrected chi connectivity index (χ1v) is 6.87. The number of hydrogen-bond acceptors (Lipinski definition) is 1. The van der Waals surface area contributed by atoms with Crippen LogP contribution < -0.4 is 4.74 Å². The van der Waals surface area contributed by atoms with Crippen molar-refractivity contribution in [3.8, 4) is 5.75 Å². The van der Waals surface area contributed by atoms with Gasteiger partial charge in [-0.05, 0) is 43.2 Å². The van der Waals surface area contributed by atoms with Crippen LogP contribution in [0.1, 0.15) is 44.1 Å². The number of rotatable bonds is 4. The van der Waals surface area contributed by atoms with E-state index in [0.29, 0.717) is 17.9 Å². The topological polar surface area (TPSA) is 9.23 Å². The molecule has 0 unspecified atom stereocenters. The molecule has 0 atom stereocenters. The van der Waals surface area contributed by atoms with Crippen molar-refractivity contribution in [2.75, 3.05) is 0 Å². The van der Waals surface area contributed by atoms with Crippen molar-refractivity contribution in [2.45, 2.75) is 51.0 Å². The average Bonchev–Trinajstić information content (AvgIpc) is 2.25. The lowest BCUT2D eigenvalue weighted by molar-refractivity contribution is 0.113. The Balaban J connectivity index is 1.73. The fourth-order valence-corrected chi connectivity index (χ4v) is 2.50. The third kappa shape index (κ3) is 2.23. The summed E-state index contributed by atoms with van der Waals surface area (Å²) < 4.78 is 33.2. The molecule has 2 aliphatic carbocycles. The first-order valence-electron chi connectivity index (χ1n) is 6.87. The molecule has 18 heavy (non-hydrogen) atoms. The summed E-state index contributed by atoms with van der Waals surface area (Å²) in [5.74, 6) is -0.899. The van der Waals surface area contributed by atoms with Crippen molar-refractivity contribution in [3.63, 3.8) is 0 Å². The van der Waals surface area contributed by atoms with Crippen LogP contribution in [0.4, 0.5) is 8.78 Å². The first kappa shape index (κ1) is 11.9. The summed E-state index contributed by atoms with van der Waals surface area (Å²) in [5, 5.41) is 0. The average molecular weight is 252 g/mol. The van der Waals surface area contributed by atoms with Gasteiger partial charge in [0.1, 0.15) is 0 Å². The Morgan fingerprint density at radius 2 is 1.72 bits per heavy atom. The van der Waals surface area contributed by atoms with E-state index in [2.05, 4.69) is 0 Å². The Bertz CT molecular complexity index is 395. The molecule has 2 aliphatic rings. The van der Waals surface area contributed by atoms with Crippen LogP contribution in [0.5, 0.6) is 5.75 Å². The molecule has 0 aromatic heterocycles. The molecule has 0 saturated heterocycles. The minimum Gasteiger partial charge on any atom is -0.487 e. The van der Waals surface area contributed by atoms with Gasteiger partial charge >= 0.3 is 0 Å². The predicted molar refractivity (Wildman–Crippen MR) is 65.7 cm³/mol. The second-order valence-corrected chi connectivity index (χ2v) is 5.52. The van der Waals surface area contributed by atoms with E-state index >= 15 is 0 Å². The van der Waals surface area contributed by atoms with Gasteiger partial charge in [-0.3, -0.25) is 0 Å². The van der Waals surface area contributed by atoms with Gasteiger partial charge in [0.25, 0.3) is 0 Å². The lowest BCUT2D eigenvalue weighted by atomic mass is 9.81. The van der Waals surface area contributed by atoms with Crippen LogP contribution in [0.25, 0.3) is 0 Å². The van der Waals surface area contributed by atoms with Gasteiger partial charge in [-0.25, -0.2) is 4.39 Å². The van der Waals surface area contributed by atoms with E-state index in [0.717, 1.165) is 32.1 Å². The normalized spacial score (nSPS) is 20.3. The van der Waals surface area contributed by atoms with Gasteiger partial charge in [0, 0.05) is 0 Å². The van der Waals surface area contributed by atoms with Gasteiger partial charge in [0.05, 0.1) is 6.10 Å². The summed E-state index contributed by atoms with van der Waals surface area (Å²) in [6.07, 6.45) is 7.26. The van der Waals surface area contributed by atoms with Gasteiger partial charge in [0.2, 0.25) is 5.82 Å². The molecule has 2 fully saturated rings. The second kappa shape index (κ2) is 4.87. The summed E-state index contributed by atoms with van der Waals surface area (Å²) in [5.41, 5.74) is 0.498. The molecule has 0 spiro atoms. The monoisotopic (exact) mass is 252 g/mol. The number of hydrogen-bond donors (Lipinski definition) is 0. The Kier molecular flexibility index (Phi) is 3.23. The number of ether oxygens (including phenoxy) is 1. The van der Waals surface area contributed by atoms with Gasteiger partial charge in [-0.2, -0.15) is 4.39 Å². The highest BCUT2D eigenvalue weighted by molar-refractivity contribution is 5.31. The van der Waals surface area contributed by atoms with Crippen LogP contribution in [0.3, 0.4) is 0 Å². The van der Waals surface area contributed by atoms with Crippen LogP contribution in [-0.4, -0.2) is 6.10 Å². The molecule has 1 aromatic carbocycles. The molecule has 1 nitrogen and oxygen atoms in total. The minimum atomic E-state index is -0.807. The van der Waals surface area contributed by atoms with Crippen LogP contribution >= 0.6 is 0 Å². The molecule has 3 heteroatoms. The predicted octanol–water partition coefficient (Wildman–Crippen LogP) is 4.24. The molecule has 3 rings (SSSR count). The second-order valence-electron chi connectivity index (χ2n) is 5.52. The maximum absolute atomic E-state index is 13.9. The molecule has 1 aromatic rings. The third-order valence-corrected chi connectivity index (χ3v) is 4.21. The van der Waals surface area contributed by atoms with Crippen molar-refractivity contribution in [1.29, 1.82) is 0 Å². The third-order valence-electron chi connectivity index (χ3n) is 4.21. The van der Waals surface area contributed by atoms with Crippen LogP contribution in [-0.2, 0) is 6.42 Å². The molecule has 0 amide bonds.